The van der Waals surface area contributed by atoms with Crippen LogP contribution >= 0.6 is 24.0 Å². The van der Waals surface area contributed by atoms with E-state index in [1.54, 1.807) is 10.9 Å². The van der Waals surface area contributed by atoms with E-state index in [9.17, 15) is 4.79 Å². The predicted molar refractivity (Wildman–Crippen MR) is 98.6 cm³/mol. The highest BCUT2D eigenvalue weighted by Crippen LogP contribution is 2.19. The van der Waals surface area contributed by atoms with Gasteiger partial charge in [-0.3, -0.25) is 4.79 Å². The number of amides is 1. The Labute approximate surface area is 153 Å². The lowest BCUT2D eigenvalue weighted by molar-refractivity contribution is 0.0949. The van der Waals surface area contributed by atoms with Crippen LogP contribution in [0.5, 0.6) is 0 Å². The van der Waals surface area contributed by atoms with Crippen molar-refractivity contribution < 1.29 is 4.79 Å². The van der Waals surface area contributed by atoms with Crippen LogP contribution in [0, 0.1) is 0 Å². The SMILES string of the molecule is CCc1c(C(=O)NCC2CCCN2)cnn1-c1cccc(Cl)c1.Cl. The minimum absolute atomic E-state index is 0. The van der Waals surface area contributed by atoms with Crippen molar-refractivity contribution in [2.75, 3.05) is 13.1 Å². The normalized spacial score (nSPS) is 16.7. The number of carbonyl (C=O) groups excluding carboxylic acids is 1. The summed E-state index contributed by atoms with van der Waals surface area (Å²) >= 11 is 6.05. The standard InChI is InChI=1S/C17H21ClN4O.ClH/c1-2-16-15(17(23)20-10-13-6-4-8-19-13)11-21-22(16)14-7-3-5-12(18)9-14;/h3,5,7,9,11,13,19H,2,4,6,8,10H2,1H3,(H,20,23);1H. The molecule has 1 aromatic carbocycles. The lowest BCUT2D eigenvalue weighted by atomic mass is 10.1. The number of carbonyl (C=O) groups is 1. The molecule has 1 aromatic heterocycles. The molecule has 1 saturated heterocycles. The van der Waals surface area contributed by atoms with Gasteiger partial charge in [-0.15, -0.1) is 12.4 Å². The average Bonchev–Trinajstić information content (AvgIpc) is 3.21. The van der Waals surface area contributed by atoms with Gasteiger partial charge in [-0.2, -0.15) is 5.10 Å². The molecule has 1 amide bonds. The number of benzene rings is 1. The molecule has 2 heterocycles. The highest BCUT2D eigenvalue weighted by atomic mass is 35.5. The van der Waals surface area contributed by atoms with E-state index in [4.69, 9.17) is 11.6 Å². The van der Waals surface area contributed by atoms with Gasteiger partial charge in [0.25, 0.3) is 5.91 Å². The van der Waals surface area contributed by atoms with Crippen molar-refractivity contribution in [3.63, 3.8) is 0 Å². The van der Waals surface area contributed by atoms with Crippen LogP contribution in [0.15, 0.2) is 30.5 Å². The summed E-state index contributed by atoms with van der Waals surface area (Å²) in [6.07, 6.45) is 4.64. The van der Waals surface area contributed by atoms with Gasteiger partial charge in [0.15, 0.2) is 0 Å². The van der Waals surface area contributed by atoms with Crippen LogP contribution in [0.3, 0.4) is 0 Å². The monoisotopic (exact) mass is 368 g/mol. The van der Waals surface area contributed by atoms with Crippen molar-refractivity contribution in [1.82, 2.24) is 20.4 Å². The summed E-state index contributed by atoms with van der Waals surface area (Å²) in [5.41, 5.74) is 2.39. The predicted octanol–water partition coefficient (Wildman–Crippen LogP) is 2.99. The quantitative estimate of drug-likeness (QED) is 0.852. The van der Waals surface area contributed by atoms with Crippen molar-refractivity contribution in [3.8, 4) is 5.69 Å². The maximum Gasteiger partial charge on any atom is 0.254 e. The third kappa shape index (κ3) is 4.09. The van der Waals surface area contributed by atoms with Crippen LogP contribution < -0.4 is 10.6 Å². The van der Waals surface area contributed by atoms with E-state index in [0.29, 0.717) is 23.2 Å². The second kappa shape index (κ2) is 8.51. The van der Waals surface area contributed by atoms with Crippen LogP contribution in [0.2, 0.25) is 5.02 Å². The Morgan fingerprint density at radius 2 is 2.33 bits per heavy atom. The van der Waals surface area contributed by atoms with Gasteiger partial charge in [0.1, 0.15) is 0 Å². The number of nitrogens with zero attached hydrogens (tertiary/aromatic N) is 2. The van der Waals surface area contributed by atoms with Gasteiger partial charge in [-0.25, -0.2) is 4.68 Å². The molecule has 1 aliphatic rings. The summed E-state index contributed by atoms with van der Waals surface area (Å²) < 4.78 is 1.79. The van der Waals surface area contributed by atoms with Gasteiger partial charge in [-0.1, -0.05) is 24.6 Å². The molecule has 0 bridgehead atoms. The first-order valence-electron chi connectivity index (χ1n) is 8.03. The zero-order valence-corrected chi connectivity index (χ0v) is 15.2. The molecule has 0 aliphatic carbocycles. The lowest BCUT2D eigenvalue weighted by Crippen LogP contribution is -2.37. The van der Waals surface area contributed by atoms with E-state index in [1.165, 1.54) is 6.42 Å². The van der Waals surface area contributed by atoms with Gasteiger partial charge in [0.2, 0.25) is 0 Å². The molecule has 130 valence electrons. The number of halogens is 2. The second-order valence-corrected chi connectivity index (χ2v) is 6.19. The molecule has 0 radical (unpaired) electrons. The highest BCUT2D eigenvalue weighted by molar-refractivity contribution is 6.30. The minimum Gasteiger partial charge on any atom is -0.350 e. The van der Waals surface area contributed by atoms with Crippen LogP contribution in [0.4, 0.5) is 0 Å². The smallest absolute Gasteiger partial charge is 0.254 e. The van der Waals surface area contributed by atoms with Crippen LogP contribution in [-0.2, 0) is 6.42 Å². The summed E-state index contributed by atoms with van der Waals surface area (Å²) in [4.78, 5) is 12.5. The van der Waals surface area contributed by atoms with E-state index < -0.39 is 0 Å². The van der Waals surface area contributed by atoms with Crippen molar-refractivity contribution in [2.45, 2.75) is 32.2 Å². The maximum atomic E-state index is 12.5. The van der Waals surface area contributed by atoms with E-state index in [2.05, 4.69) is 15.7 Å². The fourth-order valence-corrected chi connectivity index (χ4v) is 3.16. The first-order valence-corrected chi connectivity index (χ1v) is 8.41. The van der Waals surface area contributed by atoms with E-state index in [1.807, 2.05) is 31.2 Å². The number of aromatic nitrogens is 2. The molecule has 2 N–H and O–H groups in total. The van der Waals surface area contributed by atoms with Gasteiger partial charge < -0.3 is 10.6 Å². The molecule has 0 saturated carbocycles. The van der Waals surface area contributed by atoms with E-state index in [0.717, 1.165) is 30.8 Å². The zero-order chi connectivity index (χ0) is 16.2. The molecular weight excluding hydrogens is 347 g/mol. The number of hydrogen-bond acceptors (Lipinski definition) is 3. The summed E-state index contributed by atoms with van der Waals surface area (Å²) in [5, 5.41) is 11.4. The third-order valence-electron chi connectivity index (χ3n) is 4.17. The van der Waals surface area contributed by atoms with Gasteiger partial charge >= 0.3 is 0 Å². The van der Waals surface area contributed by atoms with E-state index >= 15 is 0 Å². The molecule has 24 heavy (non-hydrogen) atoms. The molecule has 0 spiro atoms. The molecule has 1 atom stereocenters. The first-order chi connectivity index (χ1) is 11.2. The summed E-state index contributed by atoms with van der Waals surface area (Å²) in [6.45, 7) is 3.71. The second-order valence-electron chi connectivity index (χ2n) is 5.75. The topological polar surface area (TPSA) is 59.0 Å². The molecule has 1 aliphatic heterocycles. The van der Waals surface area contributed by atoms with Crippen molar-refractivity contribution in [2.24, 2.45) is 0 Å². The summed E-state index contributed by atoms with van der Waals surface area (Å²) in [7, 11) is 0. The number of rotatable bonds is 5. The fourth-order valence-electron chi connectivity index (χ4n) is 2.98. The molecule has 1 fully saturated rings. The summed E-state index contributed by atoms with van der Waals surface area (Å²) in [5.74, 6) is -0.0659. The summed E-state index contributed by atoms with van der Waals surface area (Å²) in [6, 6.07) is 7.86. The Kier molecular flexibility index (Phi) is 6.66. The van der Waals surface area contributed by atoms with Gasteiger partial charge in [0, 0.05) is 17.6 Å². The van der Waals surface area contributed by atoms with Crippen molar-refractivity contribution in [3.05, 3.63) is 46.7 Å². The van der Waals surface area contributed by atoms with Crippen molar-refractivity contribution in [1.29, 1.82) is 0 Å². The Morgan fingerprint density at radius 3 is 3.00 bits per heavy atom. The van der Waals surface area contributed by atoms with Gasteiger partial charge in [-0.05, 0) is 44.0 Å². The van der Waals surface area contributed by atoms with E-state index in [-0.39, 0.29) is 18.3 Å². The minimum atomic E-state index is -0.0659. The number of nitrogens with one attached hydrogen (secondary N) is 2. The first kappa shape index (κ1) is 18.8. The van der Waals surface area contributed by atoms with Crippen molar-refractivity contribution >= 4 is 29.9 Å². The highest BCUT2D eigenvalue weighted by Gasteiger charge is 2.19. The largest absolute Gasteiger partial charge is 0.350 e. The van der Waals surface area contributed by atoms with Gasteiger partial charge in [0.05, 0.1) is 23.1 Å². The average molecular weight is 369 g/mol. The van der Waals surface area contributed by atoms with Crippen LogP contribution in [0.1, 0.15) is 35.8 Å². The third-order valence-corrected chi connectivity index (χ3v) is 4.41. The molecule has 2 aromatic rings. The Hall–Kier alpha value is -1.56. The fraction of sp³-hybridized carbons (Fsp3) is 0.412. The lowest BCUT2D eigenvalue weighted by Gasteiger charge is -2.12. The molecule has 7 heteroatoms. The molecule has 1 unspecified atom stereocenters. The Morgan fingerprint density at radius 1 is 1.50 bits per heavy atom. The molecule has 5 nitrogen and oxygen atoms in total. The molecular formula is C17H22Cl2N4O. The Balaban J connectivity index is 0.00000208. The van der Waals surface area contributed by atoms with Crippen LogP contribution in [-0.4, -0.2) is 34.8 Å². The Bertz CT molecular complexity index is 696. The van der Waals surface area contributed by atoms with Crippen LogP contribution in [0.25, 0.3) is 5.69 Å². The number of hydrogen-bond donors (Lipinski definition) is 2. The maximum absolute atomic E-state index is 12.5. The zero-order valence-electron chi connectivity index (χ0n) is 13.6. The molecule has 3 rings (SSSR count).